The largest absolute Gasteiger partial charge is 0.354 e. The van der Waals surface area contributed by atoms with E-state index in [-0.39, 0.29) is 0 Å². The summed E-state index contributed by atoms with van der Waals surface area (Å²) < 4.78 is 0. The number of rotatable bonds is 3. The molecular weight excluding hydrogens is 212 g/mol. The van der Waals surface area contributed by atoms with Crippen molar-refractivity contribution >= 4 is 5.96 Å². The average molecular weight is 236 g/mol. The van der Waals surface area contributed by atoms with E-state index in [1.54, 1.807) is 0 Å². The van der Waals surface area contributed by atoms with Crippen molar-refractivity contribution in [3.63, 3.8) is 0 Å². The number of hydrogen-bond donors (Lipinski definition) is 2. The van der Waals surface area contributed by atoms with E-state index in [0.717, 1.165) is 17.9 Å². The second-order valence-electron chi connectivity index (χ2n) is 5.90. The second kappa shape index (κ2) is 4.48. The molecule has 3 aliphatic rings. The summed E-state index contributed by atoms with van der Waals surface area (Å²) in [4.78, 5) is 6.97. The van der Waals surface area contributed by atoms with Crippen LogP contribution in [-0.2, 0) is 0 Å². The minimum Gasteiger partial charge on any atom is -0.354 e. The summed E-state index contributed by atoms with van der Waals surface area (Å²) in [6.07, 6.45) is 5.42. The second-order valence-corrected chi connectivity index (χ2v) is 5.90. The molecule has 0 aromatic rings. The van der Waals surface area contributed by atoms with Gasteiger partial charge in [-0.2, -0.15) is 0 Å². The smallest absolute Gasteiger partial charge is 0.191 e. The summed E-state index contributed by atoms with van der Waals surface area (Å²) in [7, 11) is 1.87. The highest BCUT2D eigenvalue weighted by Crippen LogP contribution is 2.31. The van der Waals surface area contributed by atoms with Gasteiger partial charge in [-0.15, -0.1) is 0 Å². The lowest BCUT2D eigenvalue weighted by atomic mass is 10.1. The average Bonchev–Trinajstić information content (AvgIpc) is 3.20. The van der Waals surface area contributed by atoms with Gasteiger partial charge in [-0.1, -0.05) is 6.92 Å². The Morgan fingerprint density at radius 2 is 1.88 bits per heavy atom. The molecule has 17 heavy (non-hydrogen) atoms. The van der Waals surface area contributed by atoms with Gasteiger partial charge in [0.2, 0.25) is 0 Å². The van der Waals surface area contributed by atoms with Crippen LogP contribution in [0.15, 0.2) is 4.99 Å². The lowest BCUT2D eigenvalue weighted by Crippen LogP contribution is -2.47. The van der Waals surface area contributed by atoms with Crippen molar-refractivity contribution in [1.29, 1.82) is 0 Å². The Morgan fingerprint density at radius 1 is 1.12 bits per heavy atom. The summed E-state index contributed by atoms with van der Waals surface area (Å²) in [5.41, 5.74) is 0. The van der Waals surface area contributed by atoms with Crippen LogP contribution in [0, 0.1) is 5.92 Å². The molecule has 1 aliphatic heterocycles. The molecule has 3 rings (SSSR count). The quantitative estimate of drug-likeness (QED) is 0.562. The van der Waals surface area contributed by atoms with E-state index in [1.165, 1.54) is 38.8 Å². The molecule has 4 nitrogen and oxygen atoms in total. The van der Waals surface area contributed by atoms with E-state index in [1.807, 2.05) is 7.05 Å². The van der Waals surface area contributed by atoms with Crippen LogP contribution in [-0.4, -0.2) is 49.1 Å². The van der Waals surface area contributed by atoms with Crippen molar-refractivity contribution in [2.24, 2.45) is 10.9 Å². The maximum atomic E-state index is 4.33. The van der Waals surface area contributed by atoms with Gasteiger partial charge in [0.1, 0.15) is 0 Å². The van der Waals surface area contributed by atoms with Gasteiger partial charge >= 0.3 is 0 Å². The summed E-state index contributed by atoms with van der Waals surface area (Å²) in [6.45, 7) is 4.80. The Labute approximate surface area is 104 Å². The first-order valence-electron chi connectivity index (χ1n) is 7.00. The van der Waals surface area contributed by atoms with Gasteiger partial charge in [0, 0.05) is 38.3 Å². The van der Waals surface area contributed by atoms with E-state index >= 15 is 0 Å². The number of nitrogens with one attached hydrogen (secondary N) is 2. The number of nitrogens with zero attached hydrogens (tertiary/aromatic N) is 2. The van der Waals surface area contributed by atoms with Crippen LogP contribution < -0.4 is 10.6 Å². The van der Waals surface area contributed by atoms with E-state index in [4.69, 9.17) is 0 Å². The van der Waals surface area contributed by atoms with Crippen LogP contribution in [0.4, 0.5) is 0 Å². The number of hydrogen-bond acceptors (Lipinski definition) is 2. The predicted molar refractivity (Wildman–Crippen MR) is 70.2 cm³/mol. The van der Waals surface area contributed by atoms with Crippen LogP contribution in [0.2, 0.25) is 0 Å². The fourth-order valence-corrected chi connectivity index (χ4v) is 2.70. The molecule has 2 saturated carbocycles. The van der Waals surface area contributed by atoms with Gasteiger partial charge in [0.05, 0.1) is 0 Å². The minimum atomic E-state index is 0.570. The molecule has 1 saturated heterocycles. The van der Waals surface area contributed by atoms with E-state index in [9.17, 15) is 0 Å². The molecule has 0 aromatic carbocycles. The molecule has 4 heteroatoms. The van der Waals surface area contributed by atoms with E-state index in [2.05, 4.69) is 27.4 Å². The third-order valence-corrected chi connectivity index (χ3v) is 4.17. The first kappa shape index (κ1) is 11.3. The van der Waals surface area contributed by atoms with E-state index < -0.39 is 0 Å². The fraction of sp³-hybridized carbons (Fsp3) is 0.923. The Bertz CT molecular complexity index is 307. The first-order valence-corrected chi connectivity index (χ1v) is 7.00. The Hall–Kier alpha value is -0.770. The molecule has 0 spiro atoms. The number of aliphatic imine (C=N–C) groups is 1. The molecule has 96 valence electrons. The topological polar surface area (TPSA) is 39.7 Å². The Morgan fingerprint density at radius 3 is 2.47 bits per heavy atom. The SMILES string of the molecule is CN=C(NC1CC1)NC1CN(C2CC2)CC1C. The van der Waals surface area contributed by atoms with Crippen LogP contribution in [0.5, 0.6) is 0 Å². The molecule has 2 unspecified atom stereocenters. The highest BCUT2D eigenvalue weighted by atomic mass is 15.3. The molecule has 0 bridgehead atoms. The normalized spacial score (nSPS) is 35.1. The monoisotopic (exact) mass is 236 g/mol. The highest BCUT2D eigenvalue weighted by molar-refractivity contribution is 5.80. The molecule has 3 fully saturated rings. The van der Waals surface area contributed by atoms with E-state index in [0.29, 0.717) is 12.1 Å². The van der Waals surface area contributed by atoms with Gasteiger partial charge in [0.25, 0.3) is 0 Å². The lowest BCUT2D eigenvalue weighted by Gasteiger charge is -2.20. The van der Waals surface area contributed by atoms with Gasteiger partial charge < -0.3 is 10.6 Å². The molecule has 0 radical (unpaired) electrons. The van der Waals surface area contributed by atoms with Gasteiger partial charge in [0.15, 0.2) is 5.96 Å². The van der Waals surface area contributed by atoms with Crippen LogP contribution in [0.3, 0.4) is 0 Å². The molecule has 2 N–H and O–H groups in total. The van der Waals surface area contributed by atoms with Gasteiger partial charge in [-0.25, -0.2) is 0 Å². The zero-order valence-electron chi connectivity index (χ0n) is 10.9. The van der Waals surface area contributed by atoms with Crippen molar-refractivity contribution in [2.75, 3.05) is 20.1 Å². The Kier molecular flexibility index (Phi) is 2.99. The van der Waals surface area contributed by atoms with Crippen molar-refractivity contribution in [1.82, 2.24) is 15.5 Å². The van der Waals surface area contributed by atoms with Crippen LogP contribution in [0.25, 0.3) is 0 Å². The zero-order chi connectivity index (χ0) is 11.8. The van der Waals surface area contributed by atoms with Gasteiger partial charge in [-0.05, 0) is 31.6 Å². The number of likely N-dealkylation sites (tertiary alicyclic amines) is 1. The molecule has 1 heterocycles. The van der Waals surface area contributed by atoms with Crippen molar-refractivity contribution in [2.45, 2.75) is 50.7 Å². The molecular formula is C13H24N4. The van der Waals surface area contributed by atoms with Gasteiger partial charge in [-0.3, -0.25) is 9.89 Å². The van der Waals surface area contributed by atoms with Crippen molar-refractivity contribution in [3.8, 4) is 0 Å². The molecule has 2 aliphatic carbocycles. The standard InChI is InChI=1S/C13H24N4/c1-9-7-17(11-5-6-11)8-12(9)16-13(14-2)15-10-3-4-10/h9-12H,3-8H2,1-2H3,(H2,14,15,16). The molecule has 0 amide bonds. The summed E-state index contributed by atoms with van der Waals surface area (Å²) in [6, 6.07) is 2.14. The summed E-state index contributed by atoms with van der Waals surface area (Å²) >= 11 is 0. The maximum Gasteiger partial charge on any atom is 0.191 e. The minimum absolute atomic E-state index is 0.570. The number of guanidine groups is 1. The lowest BCUT2D eigenvalue weighted by molar-refractivity contribution is 0.315. The van der Waals surface area contributed by atoms with Crippen molar-refractivity contribution in [3.05, 3.63) is 0 Å². The summed E-state index contributed by atoms with van der Waals surface area (Å²) in [5.74, 6) is 1.73. The highest BCUT2D eigenvalue weighted by Gasteiger charge is 2.38. The Balaban J connectivity index is 1.52. The fourth-order valence-electron chi connectivity index (χ4n) is 2.70. The maximum absolute atomic E-state index is 4.33. The van der Waals surface area contributed by atoms with Crippen LogP contribution in [0.1, 0.15) is 32.6 Å². The zero-order valence-corrected chi connectivity index (χ0v) is 10.9. The predicted octanol–water partition coefficient (Wildman–Crippen LogP) is 0.796. The van der Waals surface area contributed by atoms with Crippen molar-refractivity contribution < 1.29 is 0 Å². The first-order chi connectivity index (χ1) is 8.26. The summed E-state index contributed by atoms with van der Waals surface area (Å²) in [5, 5.41) is 7.06. The molecule has 2 atom stereocenters. The van der Waals surface area contributed by atoms with Crippen LogP contribution >= 0.6 is 0 Å². The third kappa shape index (κ3) is 2.73. The molecule has 0 aromatic heterocycles. The third-order valence-electron chi connectivity index (χ3n) is 4.17.